The Balaban J connectivity index is 2.35. The maximum atomic E-state index is 12.8. The van der Waals surface area contributed by atoms with Crippen molar-refractivity contribution in [1.82, 2.24) is 0 Å². The minimum absolute atomic E-state index is 0.00577. The molecular weight excluding hydrogens is 272 g/mol. The number of aliphatic hydroxyl groups is 1. The fourth-order valence-electron chi connectivity index (χ4n) is 3.36. The Morgan fingerprint density at radius 3 is 2.18 bits per heavy atom. The predicted molar refractivity (Wildman–Crippen MR) is 88.2 cm³/mol. The number of fused-ring (bicyclic) bond motifs is 2. The lowest BCUT2D eigenvalue weighted by Crippen LogP contribution is -2.40. The molecule has 0 heterocycles. The van der Waals surface area contributed by atoms with E-state index in [0.29, 0.717) is 17.0 Å². The third-order valence-corrected chi connectivity index (χ3v) is 4.78. The van der Waals surface area contributed by atoms with Crippen molar-refractivity contribution in [2.45, 2.75) is 39.2 Å². The second kappa shape index (κ2) is 5.06. The van der Waals surface area contributed by atoms with E-state index in [2.05, 4.69) is 13.8 Å². The molecule has 2 heteroatoms. The predicted octanol–water partition coefficient (Wildman–Crippen LogP) is 4.25. The lowest BCUT2D eigenvalue weighted by atomic mass is 9.68. The summed E-state index contributed by atoms with van der Waals surface area (Å²) in [6, 6.07) is 13.3. The van der Waals surface area contributed by atoms with Gasteiger partial charge in [0, 0.05) is 11.1 Å². The Kier molecular flexibility index (Phi) is 3.45. The van der Waals surface area contributed by atoms with Gasteiger partial charge in [0.05, 0.1) is 0 Å². The Hall–Kier alpha value is -1.93. The smallest absolute Gasteiger partial charge is 0.193 e. The minimum atomic E-state index is -1.12. The number of benzene rings is 2. The number of hydrogen-bond donors (Lipinski definition) is 1. The molecule has 0 aromatic heterocycles. The molecule has 0 saturated heterocycles. The molecule has 1 unspecified atom stereocenters. The van der Waals surface area contributed by atoms with Gasteiger partial charge in [0.15, 0.2) is 5.78 Å². The lowest BCUT2D eigenvalue weighted by Gasteiger charge is -2.39. The first-order valence-corrected chi connectivity index (χ1v) is 7.88. The summed E-state index contributed by atoms with van der Waals surface area (Å²) in [4.78, 5) is 12.8. The first kappa shape index (κ1) is 15.0. The summed E-state index contributed by atoms with van der Waals surface area (Å²) < 4.78 is 0. The van der Waals surface area contributed by atoms with Crippen LogP contribution in [0.1, 0.15) is 66.2 Å². The highest BCUT2D eigenvalue weighted by molar-refractivity contribution is 6.13. The normalized spacial score (nSPS) is 20.2. The van der Waals surface area contributed by atoms with E-state index in [9.17, 15) is 9.90 Å². The summed E-state index contributed by atoms with van der Waals surface area (Å²) in [6.07, 6.45) is 0. The minimum Gasteiger partial charge on any atom is -0.380 e. The van der Waals surface area contributed by atoms with Crippen LogP contribution in [-0.4, -0.2) is 10.9 Å². The van der Waals surface area contributed by atoms with Gasteiger partial charge in [-0.25, -0.2) is 0 Å². The van der Waals surface area contributed by atoms with E-state index in [1.165, 1.54) is 0 Å². The molecule has 2 aromatic rings. The summed E-state index contributed by atoms with van der Waals surface area (Å²) >= 11 is 0. The summed E-state index contributed by atoms with van der Waals surface area (Å²) in [5.74, 6) is 0.336. The molecule has 0 bridgehead atoms. The molecule has 0 saturated carbocycles. The van der Waals surface area contributed by atoms with E-state index in [1.54, 1.807) is 0 Å². The standard InChI is InChI=1S/C20H22O2/c1-12(2)14-9-10-16-18(11-14)20(22,13(3)4)17-8-6-5-7-15(17)19(16)21/h5-13,22H,1-4H3. The summed E-state index contributed by atoms with van der Waals surface area (Å²) in [7, 11) is 0. The second-order valence-corrected chi connectivity index (χ2v) is 6.76. The van der Waals surface area contributed by atoms with Crippen molar-refractivity contribution in [3.8, 4) is 0 Å². The van der Waals surface area contributed by atoms with Crippen LogP contribution in [0.4, 0.5) is 0 Å². The molecule has 1 N–H and O–H groups in total. The van der Waals surface area contributed by atoms with E-state index >= 15 is 0 Å². The van der Waals surface area contributed by atoms with Gasteiger partial charge >= 0.3 is 0 Å². The third kappa shape index (κ3) is 1.94. The molecule has 1 aliphatic rings. The molecule has 1 aliphatic carbocycles. The quantitative estimate of drug-likeness (QED) is 0.899. The molecule has 2 aromatic carbocycles. The van der Waals surface area contributed by atoms with Gasteiger partial charge in [-0.3, -0.25) is 4.79 Å². The fraction of sp³-hybridized carbons (Fsp3) is 0.350. The van der Waals surface area contributed by atoms with Gasteiger partial charge in [-0.15, -0.1) is 0 Å². The van der Waals surface area contributed by atoms with Gasteiger partial charge in [-0.2, -0.15) is 0 Å². The van der Waals surface area contributed by atoms with Gasteiger partial charge in [-0.1, -0.05) is 70.2 Å². The average molecular weight is 294 g/mol. The Morgan fingerprint density at radius 2 is 1.55 bits per heavy atom. The molecule has 114 valence electrons. The van der Waals surface area contributed by atoms with Gasteiger partial charge in [0.2, 0.25) is 0 Å². The molecule has 0 spiro atoms. The molecule has 0 amide bonds. The van der Waals surface area contributed by atoms with Gasteiger partial charge in [0.1, 0.15) is 5.60 Å². The number of hydrogen-bond acceptors (Lipinski definition) is 2. The van der Waals surface area contributed by atoms with E-state index in [0.717, 1.165) is 16.7 Å². The molecule has 3 rings (SSSR count). The Labute approximate surface area is 131 Å². The zero-order valence-electron chi connectivity index (χ0n) is 13.6. The molecular formula is C20H22O2. The van der Waals surface area contributed by atoms with E-state index in [1.807, 2.05) is 56.3 Å². The van der Waals surface area contributed by atoms with E-state index in [4.69, 9.17) is 0 Å². The topological polar surface area (TPSA) is 37.3 Å². The van der Waals surface area contributed by atoms with Crippen LogP contribution >= 0.6 is 0 Å². The van der Waals surface area contributed by atoms with Crippen LogP contribution in [0.5, 0.6) is 0 Å². The lowest BCUT2D eigenvalue weighted by molar-refractivity contribution is 0.0277. The van der Waals surface area contributed by atoms with Crippen LogP contribution < -0.4 is 0 Å². The highest BCUT2D eigenvalue weighted by Crippen LogP contribution is 2.45. The van der Waals surface area contributed by atoms with Crippen molar-refractivity contribution < 1.29 is 9.90 Å². The van der Waals surface area contributed by atoms with Crippen LogP contribution in [0.2, 0.25) is 0 Å². The second-order valence-electron chi connectivity index (χ2n) is 6.76. The Morgan fingerprint density at radius 1 is 0.909 bits per heavy atom. The molecule has 1 atom stereocenters. The zero-order chi connectivity index (χ0) is 16.1. The van der Waals surface area contributed by atoms with Crippen LogP contribution in [0.3, 0.4) is 0 Å². The van der Waals surface area contributed by atoms with Crippen LogP contribution in [-0.2, 0) is 5.60 Å². The van der Waals surface area contributed by atoms with Crippen molar-refractivity contribution in [1.29, 1.82) is 0 Å². The molecule has 0 aliphatic heterocycles. The highest BCUT2D eigenvalue weighted by Gasteiger charge is 2.44. The maximum absolute atomic E-state index is 12.8. The third-order valence-electron chi connectivity index (χ3n) is 4.78. The van der Waals surface area contributed by atoms with Crippen molar-refractivity contribution in [2.24, 2.45) is 5.92 Å². The first-order valence-electron chi connectivity index (χ1n) is 7.88. The maximum Gasteiger partial charge on any atom is 0.193 e. The molecule has 0 fully saturated rings. The monoisotopic (exact) mass is 294 g/mol. The fourth-order valence-corrected chi connectivity index (χ4v) is 3.36. The number of rotatable bonds is 2. The Bertz CT molecular complexity index is 743. The molecule has 22 heavy (non-hydrogen) atoms. The largest absolute Gasteiger partial charge is 0.380 e. The van der Waals surface area contributed by atoms with Gasteiger partial charge < -0.3 is 5.11 Å². The van der Waals surface area contributed by atoms with Crippen LogP contribution in [0.15, 0.2) is 42.5 Å². The number of carbonyl (C=O) groups excluding carboxylic acids is 1. The first-order chi connectivity index (χ1) is 10.4. The number of ketones is 1. The zero-order valence-corrected chi connectivity index (χ0v) is 13.6. The summed E-state index contributed by atoms with van der Waals surface area (Å²) in [5.41, 5.74) is 2.73. The van der Waals surface area contributed by atoms with Gasteiger partial charge in [-0.05, 0) is 28.5 Å². The summed E-state index contributed by atoms with van der Waals surface area (Å²) in [6.45, 7) is 8.24. The van der Waals surface area contributed by atoms with Crippen molar-refractivity contribution in [2.75, 3.05) is 0 Å². The van der Waals surface area contributed by atoms with E-state index < -0.39 is 5.60 Å². The van der Waals surface area contributed by atoms with Crippen molar-refractivity contribution in [3.05, 3.63) is 70.3 Å². The molecule has 0 radical (unpaired) electrons. The summed E-state index contributed by atoms with van der Waals surface area (Å²) in [5, 5.41) is 11.5. The van der Waals surface area contributed by atoms with Crippen molar-refractivity contribution >= 4 is 5.78 Å². The average Bonchev–Trinajstić information content (AvgIpc) is 2.51. The molecule has 2 nitrogen and oxygen atoms in total. The van der Waals surface area contributed by atoms with Gasteiger partial charge in [0.25, 0.3) is 0 Å². The van der Waals surface area contributed by atoms with Crippen LogP contribution in [0.25, 0.3) is 0 Å². The SMILES string of the molecule is CC(C)c1ccc2c(c1)C(O)(C(C)C)c1ccccc1C2=O. The van der Waals surface area contributed by atoms with Crippen LogP contribution in [0, 0.1) is 5.92 Å². The highest BCUT2D eigenvalue weighted by atomic mass is 16.3. The number of carbonyl (C=O) groups is 1. The van der Waals surface area contributed by atoms with Crippen molar-refractivity contribution in [3.63, 3.8) is 0 Å². The van der Waals surface area contributed by atoms with E-state index in [-0.39, 0.29) is 11.7 Å².